The fraction of sp³-hybridized carbons (Fsp3) is 1.00. The lowest BCUT2D eigenvalue weighted by atomic mass is 10.2. The van der Waals surface area contributed by atoms with Gasteiger partial charge in [0.1, 0.15) is 0 Å². The van der Waals surface area contributed by atoms with Gasteiger partial charge in [0.05, 0.1) is 12.7 Å². The van der Waals surface area contributed by atoms with E-state index < -0.39 is 0 Å². The molecule has 15 heavy (non-hydrogen) atoms. The lowest BCUT2D eigenvalue weighted by Gasteiger charge is -2.32. The van der Waals surface area contributed by atoms with E-state index in [-0.39, 0.29) is 0 Å². The van der Waals surface area contributed by atoms with Crippen molar-refractivity contribution in [2.24, 2.45) is 0 Å². The van der Waals surface area contributed by atoms with Gasteiger partial charge in [-0.05, 0) is 19.9 Å². The molecule has 2 rings (SSSR count). The Bertz CT molecular complexity index is 185. The molecule has 0 aromatic carbocycles. The van der Waals surface area contributed by atoms with Crippen LogP contribution in [0, 0.1) is 0 Å². The normalized spacial score (nSPS) is 34.2. The van der Waals surface area contributed by atoms with E-state index in [0.29, 0.717) is 6.10 Å². The number of morpholine rings is 1. The molecule has 2 aliphatic heterocycles. The van der Waals surface area contributed by atoms with Gasteiger partial charge in [0, 0.05) is 37.2 Å². The fourth-order valence-electron chi connectivity index (χ4n) is 2.24. The quantitative estimate of drug-likeness (QED) is 0.775. The van der Waals surface area contributed by atoms with Crippen molar-refractivity contribution in [3.8, 4) is 0 Å². The van der Waals surface area contributed by atoms with Gasteiger partial charge in [-0.1, -0.05) is 0 Å². The van der Waals surface area contributed by atoms with Crippen LogP contribution >= 0.6 is 11.8 Å². The minimum atomic E-state index is 0.424. The molecule has 2 fully saturated rings. The molecule has 0 spiro atoms. The molecule has 0 radical (unpaired) electrons. The number of hydrogen-bond donors (Lipinski definition) is 1. The Balaban J connectivity index is 1.63. The predicted molar refractivity (Wildman–Crippen MR) is 65.6 cm³/mol. The van der Waals surface area contributed by atoms with Crippen molar-refractivity contribution in [2.45, 2.75) is 25.5 Å². The van der Waals surface area contributed by atoms with E-state index in [1.807, 2.05) is 0 Å². The van der Waals surface area contributed by atoms with Gasteiger partial charge >= 0.3 is 0 Å². The molecular weight excluding hydrogens is 208 g/mol. The largest absolute Gasteiger partial charge is 0.376 e. The first-order chi connectivity index (χ1) is 7.34. The maximum Gasteiger partial charge on any atom is 0.0674 e. The van der Waals surface area contributed by atoms with Crippen LogP contribution in [0.3, 0.4) is 0 Å². The highest BCUT2D eigenvalue weighted by atomic mass is 32.2. The Morgan fingerprint density at radius 3 is 3.20 bits per heavy atom. The van der Waals surface area contributed by atoms with Crippen molar-refractivity contribution in [1.82, 2.24) is 10.2 Å². The third-order valence-corrected chi connectivity index (χ3v) is 4.25. The van der Waals surface area contributed by atoms with Gasteiger partial charge in [0.15, 0.2) is 0 Å². The molecule has 3 nitrogen and oxygen atoms in total. The summed E-state index contributed by atoms with van der Waals surface area (Å²) in [5.74, 6) is 2.57. The van der Waals surface area contributed by atoms with Crippen LogP contribution in [0.4, 0.5) is 0 Å². The Labute approximate surface area is 96.9 Å². The molecule has 0 aromatic heterocycles. The summed E-state index contributed by atoms with van der Waals surface area (Å²) >= 11 is 2.08. The van der Waals surface area contributed by atoms with E-state index >= 15 is 0 Å². The van der Waals surface area contributed by atoms with E-state index in [2.05, 4.69) is 28.9 Å². The van der Waals surface area contributed by atoms with Crippen molar-refractivity contribution in [1.29, 1.82) is 0 Å². The Morgan fingerprint density at radius 1 is 1.53 bits per heavy atom. The van der Waals surface area contributed by atoms with Crippen LogP contribution in [0.1, 0.15) is 13.3 Å². The summed E-state index contributed by atoms with van der Waals surface area (Å²) in [4.78, 5) is 2.54. The van der Waals surface area contributed by atoms with Crippen LogP contribution in [0.15, 0.2) is 0 Å². The van der Waals surface area contributed by atoms with Gasteiger partial charge in [-0.2, -0.15) is 11.8 Å². The molecule has 2 atom stereocenters. The van der Waals surface area contributed by atoms with Crippen molar-refractivity contribution < 1.29 is 4.74 Å². The summed E-state index contributed by atoms with van der Waals surface area (Å²) in [6, 6.07) is 0.738. The first-order valence-corrected chi connectivity index (χ1v) is 7.15. The number of nitrogens with zero attached hydrogens (tertiary/aromatic N) is 1. The minimum Gasteiger partial charge on any atom is -0.376 e. The maximum absolute atomic E-state index is 5.54. The molecule has 0 bridgehead atoms. The van der Waals surface area contributed by atoms with Crippen molar-refractivity contribution >= 4 is 11.8 Å². The summed E-state index contributed by atoms with van der Waals surface area (Å²) in [7, 11) is 0. The van der Waals surface area contributed by atoms with Gasteiger partial charge in [0.25, 0.3) is 0 Å². The number of rotatable bonds is 3. The Morgan fingerprint density at radius 2 is 2.47 bits per heavy atom. The van der Waals surface area contributed by atoms with E-state index in [9.17, 15) is 0 Å². The summed E-state index contributed by atoms with van der Waals surface area (Å²) in [6.45, 7) is 7.72. The Kier molecular flexibility index (Phi) is 4.75. The number of ether oxygens (including phenoxy) is 1. The SMILES string of the molecule is CC1CN(CCC2CSCCN2)CCO1. The van der Waals surface area contributed by atoms with Crippen LogP contribution < -0.4 is 5.32 Å². The van der Waals surface area contributed by atoms with E-state index in [4.69, 9.17) is 4.74 Å². The zero-order chi connectivity index (χ0) is 10.5. The van der Waals surface area contributed by atoms with Gasteiger partial charge in [-0.25, -0.2) is 0 Å². The van der Waals surface area contributed by atoms with E-state index in [0.717, 1.165) is 25.7 Å². The molecule has 0 aromatic rings. The van der Waals surface area contributed by atoms with Crippen LogP contribution in [0.5, 0.6) is 0 Å². The lowest BCUT2D eigenvalue weighted by molar-refractivity contribution is -0.0190. The van der Waals surface area contributed by atoms with Gasteiger partial charge in [0.2, 0.25) is 0 Å². The molecule has 2 heterocycles. The topological polar surface area (TPSA) is 24.5 Å². The first kappa shape index (κ1) is 11.7. The molecule has 2 aliphatic rings. The fourth-order valence-corrected chi connectivity index (χ4v) is 3.24. The first-order valence-electron chi connectivity index (χ1n) is 5.99. The van der Waals surface area contributed by atoms with Crippen molar-refractivity contribution in [2.75, 3.05) is 44.3 Å². The van der Waals surface area contributed by atoms with Crippen molar-refractivity contribution in [3.63, 3.8) is 0 Å². The highest BCUT2D eigenvalue weighted by molar-refractivity contribution is 7.99. The summed E-state index contributed by atoms with van der Waals surface area (Å²) in [6.07, 6.45) is 1.71. The van der Waals surface area contributed by atoms with Crippen LogP contribution in [0.2, 0.25) is 0 Å². The zero-order valence-corrected chi connectivity index (χ0v) is 10.4. The maximum atomic E-state index is 5.54. The average molecular weight is 230 g/mol. The van der Waals surface area contributed by atoms with Gasteiger partial charge in [-0.3, -0.25) is 4.90 Å². The summed E-state index contributed by atoms with van der Waals surface area (Å²) in [5.41, 5.74) is 0. The average Bonchev–Trinajstić information content (AvgIpc) is 2.28. The third-order valence-electron chi connectivity index (χ3n) is 3.12. The van der Waals surface area contributed by atoms with Crippen LogP contribution in [-0.2, 0) is 4.74 Å². The Hall–Kier alpha value is 0.230. The molecule has 0 saturated carbocycles. The van der Waals surface area contributed by atoms with Crippen LogP contribution in [0.25, 0.3) is 0 Å². The predicted octanol–water partition coefficient (Wildman–Crippen LogP) is 0.802. The summed E-state index contributed by atoms with van der Waals surface area (Å²) < 4.78 is 5.54. The lowest BCUT2D eigenvalue weighted by Crippen LogP contribution is -2.45. The third kappa shape index (κ3) is 3.94. The minimum absolute atomic E-state index is 0.424. The van der Waals surface area contributed by atoms with Crippen LogP contribution in [-0.4, -0.2) is 61.3 Å². The van der Waals surface area contributed by atoms with E-state index in [1.165, 1.54) is 31.0 Å². The van der Waals surface area contributed by atoms with Gasteiger partial charge in [-0.15, -0.1) is 0 Å². The second kappa shape index (κ2) is 6.09. The van der Waals surface area contributed by atoms with E-state index in [1.54, 1.807) is 0 Å². The number of hydrogen-bond acceptors (Lipinski definition) is 4. The standard InChI is InChI=1S/C11H22N2OS/c1-10-8-13(5-6-14-10)4-2-11-9-15-7-3-12-11/h10-12H,2-9H2,1H3. The molecule has 1 N–H and O–H groups in total. The number of thioether (sulfide) groups is 1. The monoisotopic (exact) mass is 230 g/mol. The molecule has 2 unspecified atom stereocenters. The highest BCUT2D eigenvalue weighted by Gasteiger charge is 2.18. The highest BCUT2D eigenvalue weighted by Crippen LogP contribution is 2.12. The molecular formula is C11H22N2OS. The second-order valence-corrected chi connectivity index (χ2v) is 5.65. The molecule has 0 amide bonds. The summed E-state index contributed by atoms with van der Waals surface area (Å²) in [5, 5.41) is 3.59. The molecule has 2 saturated heterocycles. The second-order valence-electron chi connectivity index (χ2n) is 4.50. The van der Waals surface area contributed by atoms with Gasteiger partial charge < -0.3 is 10.1 Å². The number of nitrogens with one attached hydrogen (secondary N) is 1. The van der Waals surface area contributed by atoms with Crippen molar-refractivity contribution in [3.05, 3.63) is 0 Å². The zero-order valence-electron chi connectivity index (χ0n) is 9.58. The smallest absolute Gasteiger partial charge is 0.0674 e. The molecule has 0 aliphatic carbocycles. The molecule has 88 valence electrons. The molecule has 4 heteroatoms.